The van der Waals surface area contributed by atoms with Crippen molar-refractivity contribution in [3.05, 3.63) is 29.5 Å². The molecular formula is C22H37N3O. The van der Waals surface area contributed by atoms with E-state index in [4.69, 9.17) is 10.5 Å². The number of aromatic nitrogens is 1. The van der Waals surface area contributed by atoms with Crippen LogP contribution in [0.4, 0.5) is 0 Å². The van der Waals surface area contributed by atoms with Gasteiger partial charge in [0, 0.05) is 19.0 Å². The van der Waals surface area contributed by atoms with Gasteiger partial charge in [-0.05, 0) is 63.5 Å². The Bertz CT molecular complexity index is 674. The Labute approximate surface area is 159 Å². The molecule has 1 aromatic heterocycles. The molecule has 0 spiro atoms. The summed E-state index contributed by atoms with van der Waals surface area (Å²) < 4.78 is 8.48. The van der Waals surface area contributed by atoms with Gasteiger partial charge in [-0.25, -0.2) is 0 Å². The van der Waals surface area contributed by atoms with E-state index in [1.165, 1.54) is 41.4 Å². The minimum Gasteiger partial charge on any atom is -0.490 e. The SMILES string of the molecule is CCN(CC)CCOc1c(C)n(C)c2ccc(CCCCCCN)cc12. The molecule has 0 aliphatic heterocycles. The van der Waals surface area contributed by atoms with Gasteiger partial charge in [-0.2, -0.15) is 0 Å². The third-order valence-corrected chi connectivity index (χ3v) is 5.47. The van der Waals surface area contributed by atoms with Crippen molar-refractivity contribution in [2.45, 2.75) is 52.9 Å². The zero-order chi connectivity index (χ0) is 18.9. The Balaban J connectivity index is 2.07. The predicted octanol–water partition coefficient (Wildman–Crippen LogP) is 4.27. The molecule has 26 heavy (non-hydrogen) atoms. The molecule has 0 atom stereocenters. The summed E-state index contributed by atoms with van der Waals surface area (Å²) in [6.45, 7) is 11.2. The third-order valence-electron chi connectivity index (χ3n) is 5.47. The van der Waals surface area contributed by atoms with Crippen molar-refractivity contribution in [1.82, 2.24) is 9.47 Å². The zero-order valence-corrected chi connectivity index (χ0v) is 17.2. The van der Waals surface area contributed by atoms with Crippen LogP contribution in [0.3, 0.4) is 0 Å². The van der Waals surface area contributed by atoms with Crippen LogP contribution in [0.2, 0.25) is 0 Å². The lowest BCUT2D eigenvalue weighted by molar-refractivity contribution is 0.223. The van der Waals surface area contributed by atoms with E-state index in [1.807, 2.05) is 0 Å². The Morgan fingerprint density at radius 2 is 1.81 bits per heavy atom. The van der Waals surface area contributed by atoms with Crippen LogP contribution in [0.15, 0.2) is 18.2 Å². The number of benzene rings is 1. The molecule has 0 unspecified atom stereocenters. The molecule has 0 fully saturated rings. The first-order valence-corrected chi connectivity index (χ1v) is 10.2. The Hall–Kier alpha value is -1.52. The predicted molar refractivity (Wildman–Crippen MR) is 112 cm³/mol. The average molecular weight is 360 g/mol. The summed E-state index contributed by atoms with van der Waals surface area (Å²) in [7, 11) is 2.13. The van der Waals surface area contributed by atoms with E-state index in [0.29, 0.717) is 0 Å². The molecule has 0 aliphatic rings. The molecule has 0 saturated heterocycles. The number of likely N-dealkylation sites (N-methyl/N-ethyl adjacent to an activating group) is 1. The summed E-state index contributed by atoms with van der Waals surface area (Å²) in [5, 5.41) is 1.25. The van der Waals surface area contributed by atoms with Gasteiger partial charge in [-0.15, -0.1) is 0 Å². The van der Waals surface area contributed by atoms with Crippen molar-refractivity contribution in [3.8, 4) is 5.75 Å². The van der Waals surface area contributed by atoms with Crippen molar-refractivity contribution >= 4 is 10.9 Å². The van der Waals surface area contributed by atoms with Crippen LogP contribution in [0, 0.1) is 6.92 Å². The lowest BCUT2D eigenvalue weighted by Crippen LogP contribution is -2.27. The number of unbranched alkanes of at least 4 members (excludes halogenated alkanes) is 3. The quantitative estimate of drug-likeness (QED) is 0.576. The summed E-state index contributed by atoms with van der Waals surface area (Å²) in [6, 6.07) is 6.84. The molecular weight excluding hydrogens is 322 g/mol. The van der Waals surface area contributed by atoms with Crippen molar-refractivity contribution < 1.29 is 4.74 Å². The van der Waals surface area contributed by atoms with Crippen LogP contribution in [0.5, 0.6) is 5.75 Å². The van der Waals surface area contributed by atoms with Gasteiger partial charge in [0.15, 0.2) is 0 Å². The second kappa shape index (κ2) is 10.6. The summed E-state index contributed by atoms with van der Waals surface area (Å²) in [4.78, 5) is 2.40. The average Bonchev–Trinajstić information content (AvgIpc) is 2.89. The van der Waals surface area contributed by atoms with Crippen LogP contribution in [-0.4, -0.2) is 42.3 Å². The van der Waals surface area contributed by atoms with Gasteiger partial charge in [-0.3, -0.25) is 0 Å². The molecule has 0 aliphatic carbocycles. The second-order valence-electron chi connectivity index (χ2n) is 7.15. The highest BCUT2D eigenvalue weighted by Gasteiger charge is 2.14. The van der Waals surface area contributed by atoms with E-state index in [-0.39, 0.29) is 0 Å². The number of hydrogen-bond acceptors (Lipinski definition) is 3. The number of ether oxygens (including phenoxy) is 1. The van der Waals surface area contributed by atoms with Gasteiger partial charge in [0.25, 0.3) is 0 Å². The monoisotopic (exact) mass is 359 g/mol. The van der Waals surface area contributed by atoms with Crippen molar-refractivity contribution in [1.29, 1.82) is 0 Å². The van der Waals surface area contributed by atoms with Gasteiger partial charge in [0.1, 0.15) is 12.4 Å². The van der Waals surface area contributed by atoms with Crippen LogP contribution < -0.4 is 10.5 Å². The van der Waals surface area contributed by atoms with E-state index in [2.05, 4.69) is 55.5 Å². The Kier molecular flexibility index (Phi) is 8.46. The standard InChI is InChI=1S/C22H37N3O/c1-5-25(6-2)15-16-26-22-18(3)24(4)21-13-12-19(17-20(21)22)11-9-7-8-10-14-23/h12-13,17H,5-11,14-16,23H2,1-4H3. The molecule has 0 amide bonds. The Morgan fingerprint density at radius 3 is 2.50 bits per heavy atom. The summed E-state index contributed by atoms with van der Waals surface area (Å²) in [5.41, 5.74) is 9.45. The third kappa shape index (κ3) is 5.24. The molecule has 1 aromatic carbocycles. The van der Waals surface area contributed by atoms with Crippen molar-refractivity contribution in [2.75, 3.05) is 32.8 Å². The first kappa shape index (κ1) is 20.8. The van der Waals surface area contributed by atoms with Crippen LogP contribution >= 0.6 is 0 Å². The minimum absolute atomic E-state index is 0.741. The fraction of sp³-hybridized carbons (Fsp3) is 0.636. The molecule has 0 radical (unpaired) electrons. The maximum atomic E-state index is 6.24. The van der Waals surface area contributed by atoms with Crippen molar-refractivity contribution in [2.24, 2.45) is 12.8 Å². The molecule has 2 rings (SSSR count). The van der Waals surface area contributed by atoms with Gasteiger partial charge in [-0.1, -0.05) is 32.8 Å². The van der Waals surface area contributed by atoms with E-state index < -0.39 is 0 Å². The summed E-state index contributed by atoms with van der Waals surface area (Å²) in [5.74, 6) is 1.06. The molecule has 2 N–H and O–H groups in total. The fourth-order valence-corrected chi connectivity index (χ4v) is 3.57. The normalized spacial score (nSPS) is 11.6. The maximum Gasteiger partial charge on any atom is 0.147 e. The number of rotatable bonds is 12. The van der Waals surface area contributed by atoms with Crippen LogP contribution in [-0.2, 0) is 13.5 Å². The lowest BCUT2D eigenvalue weighted by atomic mass is 10.0. The topological polar surface area (TPSA) is 43.4 Å². The van der Waals surface area contributed by atoms with Crippen LogP contribution in [0.25, 0.3) is 10.9 Å². The van der Waals surface area contributed by atoms with Crippen molar-refractivity contribution in [3.63, 3.8) is 0 Å². The second-order valence-corrected chi connectivity index (χ2v) is 7.15. The number of aryl methyl sites for hydroxylation is 2. The molecule has 0 saturated carbocycles. The van der Waals surface area contributed by atoms with Gasteiger partial charge in [0.05, 0.1) is 11.2 Å². The van der Waals surface area contributed by atoms with Crippen LogP contribution in [0.1, 0.15) is 50.8 Å². The van der Waals surface area contributed by atoms with Gasteiger partial charge in [0.2, 0.25) is 0 Å². The molecule has 1 heterocycles. The molecule has 2 aromatic rings. The molecule has 4 heteroatoms. The van der Waals surface area contributed by atoms with Gasteiger partial charge < -0.3 is 19.9 Å². The zero-order valence-electron chi connectivity index (χ0n) is 17.2. The summed E-state index contributed by atoms with van der Waals surface area (Å²) in [6.07, 6.45) is 6.00. The summed E-state index contributed by atoms with van der Waals surface area (Å²) >= 11 is 0. The number of hydrogen-bond donors (Lipinski definition) is 1. The minimum atomic E-state index is 0.741. The highest BCUT2D eigenvalue weighted by molar-refractivity contribution is 5.89. The maximum absolute atomic E-state index is 6.24. The fourth-order valence-electron chi connectivity index (χ4n) is 3.57. The van der Waals surface area contributed by atoms with E-state index in [1.54, 1.807) is 0 Å². The highest BCUT2D eigenvalue weighted by Crippen LogP contribution is 2.33. The number of nitrogens with zero attached hydrogens (tertiary/aromatic N) is 2. The first-order valence-electron chi connectivity index (χ1n) is 10.2. The van der Waals surface area contributed by atoms with Gasteiger partial charge >= 0.3 is 0 Å². The van der Waals surface area contributed by atoms with E-state index in [9.17, 15) is 0 Å². The Morgan fingerprint density at radius 1 is 1.08 bits per heavy atom. The molecule has 146 valence electrons. The smallest absolute Gasteiger partial charge is 0.147 e. The molecule has 4 nitrogen and oxygen atoms in total. The number of nitrogens with two attached hydrogens (primary N) is 1. The van der Waals surface area contributed by atoms with E-state index in [0.717, 1.165) is 51.4 Å². The number of fused-ring (bicyclic) bond motifs is 1. The lowest BCUT2D eigenvalue weighted by Gasteiger charge is -2.18. The first-order chi connectivity index (χ1) is 12.6. The highest BCUT2D eigenvalue weighted by atomic mass is 16.5. The molecule has 0 bridgehead atoms. The largest absolute Gasteiger partial charge is 0.490 e. The van der Waals surface area contributed by atoms with E-state index >= 15 is 0 Å².